The van der Waals surface area contributed by atoms with Gasteiger partial charge in [-0.15, -0.1) is 0 Å². The summed E-state index contributed by atoms with van der Waals surface area (Å²) in [5.74, 6) is -0.833. The van der Waals surface area contributed by atoms with Crippen molar-refractivity contribution >= 4 is 23.5 Å². The number of nitrogens with zero attached hydrogens (tertiary/aromatic N) is 1. The molecular weight excluding hydrogens is 334 g/mol. The third kappa shape index (κ3) is 5.76. The zero-order valence-electron chi connectivity index (χ0n) is 14.1. The number of nitrogens with one attached hydrogen (secondary N) is 2. The minimum absolute atomic E-state index is 0.180. The van der Waals surface area contributed by atoms with Crippen molar-refractivity contribution in [3.63, 3.8) is 0 Å². The lowest BCUT2D eigenvalue weighted by Gasteiger charge is -2.08. The lowest BCUT2D eigenvalue weighted by molar-refractivity contribution is -0.131. The highest BCUT2D eigenvalue weighted by Gasteiger charge is 2.08. The van der Waals surface area contributed by atoms with Gasteiger partial charge in [0.1, 0.15) is 12.2 Å². The van der Waals surface area contributed by atoms with Crippen LogP contribution in [0, 0.1) is 11.3 Å². The molecule has 0 aliphatic carbocycles. The molecule has 0 fully saturated rings. The summed E-state index contributed by atoms with van der Waals surface area (Å²) < 4.78 is 4.96. The maximum absolute atomic E-state index is 12.3. The van der Waals surface area contributed by atoms with Crippen LogP contribution >= 0.6 is 0 Å². The Hall–Kier alpha value is -3.66. The van der Waals surface area contributed by atoms with E-state index < -0.39 is 5.97 Å². The molecule has 0 heterocycles. The Morgan fingerprint density at radius 2 is 1.85 bits per heavy atom. The van der Waals surface area contributed by atoms with Crippen LogP contribution in [-0.4, -0.2) is 17.8 Å². The normalized spacial score (nSPS) is 9.69. The SMILES string of the molecule is CC(=O)Oc1cccc(C(=O)Nc2ccc(CNC(=O)CC#N)cc2)c1. The molecule has 0 unspecified atom stereocenters. The van der Waals surface area contributed by atoms with Crippen LogP contribution in [0.15, 0.2) is 48.5 Å². The number of carbonyl (C=O) groups excluding carboxylic acids is 3. The van der Waals surface area contributed by atoms with E-state index in [9.17, 15) is 14.4 Å². The predicted octanol–water partition coefficient (Wildman–Crippen LogP) is 2.39. The van der Waals surface area contributed by atoms with Crippen molar-refractivity contribution in [2.75, 3.05) is 5.32 Å². The summed E-state index contributed by atoms with van der Waals surface area (Å²) in [5, 5.41) is 13.8. The molecule has 7 heteroatoms. The highest BCUT2D eigenvalue weighted by molar-refractivity contribution is 6.04. The van der Waals surface area contributed by atoms with Gasteiger partial charge in [-0.25, -0.2) is 0 Å². The van der Waals surface area contributed by atoms with E-state index in [1.165, 1.54) is 13.0 Å². The summed E-state index contributed by atoms with van der Waals surface area (Å²) in [7, 11) is 0. The zero-order chi connectivity index (χ0) is 18.9. The van der Waals surface area contributed by atoms with Crippen molar-refractivity contribution in [3.05, 3.63) is 59.7 Å². The molecule has 0 aromatic heterocycles. The molecule has 0 saturated heterocycles. The van der Waals surface area contributed by atoms with Crippen LogP contribution in [0.3, 0.4) is 0 Å². The molecular formula is C19H17N3O4. The third-order valence-corrected chi connectivity index (χ3v) is 3.30. The van der Waals surface area contributed by atoms with Crippen LogP contribution in [0.1, 0.15) is 29.3 Å². The number of amides is 2. The summed E-state index contributed by atoms with van der Waals surface area (Å²) in [5.41, 5.74) is 1.78. The number of hydrogen-bond acceptors (Lipinski definition) is 5. The van der Waals surface area contributed by atoms with Crippen LogP contribution in [0.25, 0.3) is 0 Å². The predicted molar refractivity (Wildman–Crippen MR) is 94.2 cm³/mol. The minimum atomic E-state index is -0.458. The molecule has 0 aliphatic rings. The van der Waals surface area contributed by atoms with Crippen LogP contribution in [-0.2, 0) is 16.1 Å². The summed E-state index contributed by atoms with van der Waals surface area (Å²) in [6, 6.07) is 15.0. The van der Waals surface area contributed by atoms with Gasteiger partial charge in [0, 0.05) is 24.7 Å². The number of esters is 1. The molecule has 2 N–H and O–H groups in total. The van der Waals surface area contributed by atoms with E-state index in [4.69, 9.17) is 10.00 Å². The van der Waals surface area contributed by atoms with Crippen molar-refractivity contribution in [3.8, 4) is 11.8 Å². The maximum atomic E-state index is 12.3. The molecule has 2 rings (SSSR count). The highest BCUT2D eigenvalue weighted by Crippen LogP contribution is 2.16. The lowest BCUT2D eigenvalue weighted by Crippen LogP contribution is -2.21. The standard InChI is InChI=1S/C19H17N3O4/c1-13(23)26-17-4-2-3-15(11-17)19(25)22-16-7-5-14(6-8-16)12-21-18(24)9-10-20/h2-8,11H,9,12H2,1H3,(H,21,24)(H,22,25). The van der Waals surface area contributed by atoms with Gasteiger partial charge < -0.3 is 15.4 Å². The van der Waals surface area contributed by atoms with Gasteiger partial charge in [0.2, 0.25) is 5.91 Å². The summed E-state index contributed by atoms with van der Waals surface area (Å²) in [6.45, 7) is 1.59. The van der Waals surface area contributed by atoms with E-state index >= 15 is 0 Å². The first-order chi connectivity index (χ1) is 12.5. The number of benzene rings is 2. The van der Waals surface area contributed by atoms with Crippen molar-refractivity contribution in [2.45, 2.75) is 19.9 Å². The van der Waals surface area contributed by atoms with E-state index in [0.717, 1.165) is 5.56 Å². The third-order valence-electron chi connectivity index (χ3n) is 3.30. The fraction of sp³-hybridized carbons (Fsp3) is 0.158. The van der Waals surface area contributed by atoms with E-state index in [1.807, 2.05) is 0 Å². The van der Waals surface area contributed by atoms with Gasteiger partial charge >= 0.3 is 5.97 Å². The number of rotatable bonds is 6. The molecule has 2 aromatic rings. The second kappa shape index (κ2) is 8.99. The Balaban J connectivity index is 1.96. The van der Waals surface area contributed by atoms with Gasteiger partial charge in [-0.05, 0) is 35.9 Å². The van der Waals surface area contributed by atoms with E-state index in [-0.39, 0.29) is 18.2 Å². The fourth-order valence-electron chi connectivity index (χ4n) is 2.11. The molecule has 2 aromatic carbocycles. The Bertz CT molecular complexity index is 854. The largest absolute Gasteiger partial charge is 0.427 e. The van der Waals surface area contributed by atoms with E-state index in [1.54, 1.807) is 48.5 Å². The summed E-state index contributed by atoms with van der Waals surface area (Å²) in [6.07, 6.45) is -0.180. The monoisotopic (exact) mass is 351 g/mol. The number of anilines is 1. The van der Waals surface area contributed by atoms with Crippen LogP contribution in [0.4, 0.5) is 5.69 Å². The van der Waals surface area contributed by atoms with Gasteiger partial charge in [0.05, 0.1) is 6.07 Å². The molecule has 7 nitrogen and oxygen atoms in total. The number of nitriles is 1. The number of carbonyl (C=O) groups is 3. The van der Waals surface area contributed by atoms with Crippen LogP contribution < -0.4 is 15.4 Å². The zero-order valence-corrected chi connectivity index (χ0v) is 14.1. The van der Waals surface area contributed by atoms with Gasteiger partial charge in [-0.2, -0.15) is 5.26 Å². The second-order valence-corrected chi connectivity index (χ2v) is 5.38. The van der Waals surface area contributed by atoms with Gasteiger partial charge in [0.25, 0.3) is 5.91 Å². The lowest BCUT2D eigenvalue weighted by atomic mass is 10.1. The molecule has 0 atom stereocenters. The molecule has 0 spiro atoms. The Kier molecular flexibility index (Phi) is 6.46. The molecule has 132 valence electrons. The van der Waals surface area contributed by atoms with Crippen molar-refractivity contribution in [1.29, 1.82) is 5.26 Å². The van der Waals surface area contributed by atoms with Gasteiger partial charge in [0.15, 0.2) is 0 Å². The smallest absolute Gasteiger partial charge is 0.308 e. The Morgan fingerprint density at radius 1 is 1.12 bits per heavy atom. The van der Waals surface area contributed by atoms with Gasteiger partial charge in [-0.3, -0.25) is 14.4 Å². The van der Waals surface area contributed by atoms with Crippen LogP contribution in [0.2, 0.25) is 0 Å². The first kappa shape index (κ1) is 18.7. The van der Waals surface area contributed by atoms with Crippen LogP contribution in [0.5, 0.6) is 5.75 Å². The van der Waals surface area contributed by atoms with E-state index in [0.29, 0.717) is 23.5 Å². The summed E-state index contributed by atoms with van der Waals surface area (Å²) in [4.78, 5) is 34.5. The number of ether oxygens (including phenoxy) is 1. The quantitative estimate of drug-likeness (QED) is 0.614. The molecule has 0 saturated carbocycles. The topological polar surface area (TPSA) is 108 Å². The van der Waals surface area contributed by atoms with Crippen molar-refractivity contribution < 1.29 is 19.1 Å². The Labute approximate surface area is 150 Å². The Morgan fingerprint density at radius 3 is 2.50 bits per heavy atom. The van der Waals surface area contributed by atoms with Gasteiger partial charge in [-0.1, -0.05) is 18.2 Å². The maximum Gasteiger partial charge on any atom is 0.308 e. The van der Waals surface area contributed by atoms with E-state index in [2.05, 4.69) is 10.6 Å². The molecule has 0 bridgehead atoms. The molecule has 0 radical (unpaired) electrons. The summed E-state index contributed by atoms with van der Waals surface area (Å²) >= 11 is 0. The fourth-order valence-corrected chi connectivity index (χ4v) is 2.11. The highest BCUT2D eigenvalue weighted by atomic mass is 16.5. The molecule has 2 amide bonds. The number of hydrogen-bond donors (Lipinski definition) is 2. The minimum Gasteiger partial charge on any atom is -0.427 e. The average molecular weight is 351 g/mol. The average Bonchev–Trinajstić information content (AvgIpc) is 2.61. The molecule has 26 heavy (non-hydrogen) atoms. The first-order valence-electron chi connectivity index (χ1n) is 7.80. The second-order valence-electron chi connectivity index (χ2n) is 5.38. The first-order valence-corrected chi connectivity index (χ1v) is 7.80. The van der Waals surface area contributed by atoms with Crippen molar-refractivity contribution in [1.82, 2.24) is 5.32 Å². The van der Waals surface area contributed by atoms with Crippen molar-refractivity contribution in [2.24, 2.45) is 0 Å². The molecule has 0 aliphatic heterocycles.